The first-order valence-electron chi connectivity index (χ1n) is 10.6. The average Bonchev–Trinajstić information content (AvgIpc) is 2.74. The molecule has 4 nitrogen and oxygen atoms in total. The maximum absolute atomic E-state index is 13.8. The molecule has 2 aliphatic rings. The summed E-state index contributed by atoms with van der Waals surface area (Å²) in [5.41, 5.74) is 2.77. The Balaban J connectivity index is 1.41. The van der Waals surface area contributed by atoms with Crippen molar-refractivity contribution in [1.29, 1.82) is 0 Å². The van der Waals surface area contributed by atoms with Gasteiger partial charge in [-0.3, -0.25) is 9.59 Å². The largest absolute Gasteiger partial charge is 0.486 e. The number of Topliss-reactive ketones (excluding diaryl/α,β-unsaturated/α-hetero) is 1. The highest BCUT2D eigenvalue weighted by Gasteiger charge is 2.45. The molecule has 1 fully saturated rings. The first-order chi connectivity index (χ1) is 15.4. The minimum atomic E-state index is -0.914. The summed E-state index contributed by atoms with van der Waals surface area (Å²) >= 11 is 0. The van der Waals surface area contributed by atoms with Crippen molar-refractivity contribution in [1.82, 2.24) is 0 Å². The number of anilines is 1. The molecule has 0 radical (unpaired) electrons. The summed E-state index contributed by atoms with van der Waals surface area (Å²) in [6, 6.07) is 14.0. The molecule has 1 saturated carbocycles. The van der Waals surface area contributed by atoms with Gasteiger partial charge in [0.25, 0.3) is 5.91 Å². The molecule has 32 heavy (non-hydrogen) atoms. The number of hydrogen-bond donors (Lipinski definition) is 1. The summed E-state index contributed by atoms with van der Waals surface area (Å²) < 4.78 is 34.0. The van der Waals surface area contributed by atoms with E-state index in [0.717, 1.165) is 48.1 Å². The van der Waals surface area contributed by atoms with Crippen LogP contribution in [0.2, 0.25) is 0 Å². The van der Waals surface area contributed by atoms with E-state index in [9.17, 15) is 18.4 Å². The maximum Gasteiger partial charge on any atom is 0.261 e. The monoisotopic (exact) mass is 433 g/mol. The van der Waals surface area contributed by atoms with E-state index in [-0.39, 0.29) is 11.4 Å². The minimum absolute atomic E-state index is 0.124. The van der Waals surface area contributed by atoms with Crippen molar-refractivity contribution < 1.29 is 23.1 Å². The van der Waals surface area contributed by atoms with Gasteiger partial charge >= 0.3 is 0 Å². The van der Waals surface area contributed by atoms with Gasteiger partial charge in [-0.2, -0.15) is 0 Å². The predicted molar refractivity (Wildman–Crippen MR) is 117 cm³/mol. The van der Waals surface area contributed by atoms with E-state index in [0.29, 0.717) is 23.4 Å². The molecule has 0 atom stereocenters. The number of halogens is 2. The maximum atomic E-state index is 13.8. The summed E-state index contributed by atoms with van der Waals surface area (Å²) in [6.07, 6.45) is 3.32. The Hall–Kier alpha value is -3.54. The quantitative estimate of drug-likeness (QED) is 0.545. The van der Waals surface area contributed by atoms with Crippen LogP contribution in [0.3, 0.4) is 0 Å². The van der Waals surface area contributed by atoms with E-state index in [2.05, 4.69) is 5.32 Å². The van der Waals surface area contributed by atoms with Gasteiger partial charge in [-0.05, 0) is 73.2 Å². The van der Waals surface area contributed by atoms with Gasteiger partial charge in [-0.15, -0.1) is 0 Å². The zero-order valence-electron chi connectivity index (χ0n) is 17.5. The summed E-state index contributed by atoms with van der Waals surface area (Å²) in [6.45, 7) is 1.94. The highest BCUT2D eigenvalue weighted by atomic mass is 19.1. The average molecular weight is 433 g/mol. The van der Waals surface area contributed by atoms with Crippen molar-refractivity contribution in [3.8, 4) is 16.9 Å². The van der Waals surface area contributed by atoms with Crippen LogP contribution in [0.25, 0.3) is 11.1 Å². The standard InChI is InChI=1S/C26H21F2NO3/c1-15-18(10-11-19-22(30)14-26(12-3-13-26)32-24(15)19)16-6-8-17(9-7-16)29-25(31)23-20(27)4-2-5-21(23)28/h2,4-11H,3,12-14H2,1H3,(H,29,31). The van der Waals surface area contributed by atoms with Gasteiger partial charge < -0.3 is 10.1 Å². The number of rotatable bonds is 3. The van der Waals surface area contributed by atoms with Crippen molar-refractivity contribution in [2.24, 2.45) is 0 Å². The molecule has 1 aliphatic carbocycles. The van der Waals surface area contributed by atoms with Gasteiger partial charge in [-0.25, -0.2) is 8.78 Å². The lowest BCUT2D eigenvalue weighted by molar-refractivity contribution is -0.0182. The van der Waals surface area contributed by atoms with Crippen LogP contribution in [0.4, 0.5) is 14.5 Å². The first-order valence-corrected chi connectivity index (χ1v) is 10.6. The minimum Gasteiger partial charge on any atom is -0.486 e. The van der Waals surface area contributed by atoms with Crippen molar-refractivity contribution in [3.05, 3.63) is 82.9 Å². The fraction of sp³-hybridized carbons (Fsp3) is 0.231. The summed E-state index contributed by atoms with van der Waals surface area (Å²) in [7, 11) is 0. The van der Waals surface area contributed by atoms with Crippen LogP contribution in [0.15, 0.2) is 54.6 Å². The van der Waals surface area contributed by atoms with E-state index in [1.807, 2.05) is 31.2 Å². The Morgan fingerprint density at radius 1 is 0.969 bits per heavy atom. The predicted octanol–water partition coefficient (Wildman–Crippen LogP) is 6.08. The van der Waals surface area contributed by atoms with Crippen molar-refractivity contribution >= 4 is 17.4 Å². The van der Waals surface area contributed by atoms with Gasteiger partial charge in [0.15, 0.2) is 5.78 Å². The molecule has 0 bridgehead atoms. The Bertz CT molecular complexity index is 1230. The molecule has 1 N–H and O–H groups in total. The number of carbonyl (C=O) groups is 2. The summed E-state index contributed by atoms with van der Waals surface area (Å²) in [4.78, 5) is 24.9. The molecular formula is C26H21F2NO3. The van der Waals surface area contributed by atoms with Crippen molar-refractivity contribution in [2.75, 3.05) is 5.32 Å². The van der Waals surface area contributed by atoms with Gasteiger partial charge in [0, 0.05) is 5.69 Å². The Labute approximate surface area is 184 Å². The normalized spacial score (nSPS) is 16.2. The number of nitrogens with one attached hydrogen (secondary N) is 1. The van der Waals surface area contributed by atoms with Crippen LogP contribution in [0.5, 0.6) is 5.75 Å². The first kappa shape index (κ1) is 20.4. The highest BCUT2D eigenvalue weighted by Crippen LogP contribution is 2.47. The van der Waals surface area contributed by atoms with Crippen molar-refractivity contribution in [3.63, 3.8) is 0 Å². The molecule has 0 aromatic heterocycles. The van der Waals surface area contributed by atoms with Gasteiger partial charge in [0.05, 0.1) is 12.0 Å². The lowest BCUT2D eigenvalue weighted by atomic mass is 9.73. The molecular weight excluding hydrogens is 412 g/mol. The molecule has 6 heteroatoms. The fourth-order valence-electron chi connectivity index (χ4n) is 4.49. The molecule has 162 valence electrons. The van der Waals surface area contributed by atoms with Crippen molar-refractivity contribution in [2.45, 2.75) is 38.2 Å². The van der Waals surface area contributed by atoms with Crippen LogP contribution in [-0.2, 0) is 0 Å². The van der Waals surface area contributed by atoms with Gasteiger partial charge in [-0.1, -0.05) is 24.3 Å². The van der Waals surface area contributed by atoms with Crippen LogP contribution in [0, 0.1) is 18.6 Å². The van der Waals surface area contributed by atoms with E-state index in [4.69, 9.17) is 4.74 Å². The zero-order chi connectivity index (χ0) is 22.5. The molecule has 1 heterocycles. The second-order valence-corrected chi connectivity index (χ2v) is 8.48. The lowest BCUT2D eigenvalue weighted by Gasteiger charge is -2.45. The highest BCUT2D eigenvalue weighted by molar-refractivity contribution is 6.05. The Morgan fingerprint density at radius 3 is 2.25 bits per heavy atom. The smallest absolute Gasteiger partial charge is 0.261 e. The number of ether oxygens (including phenoxy) is 1. The number of fused-ring (bicyclic) bond motifs is 1. The number of ketones is 1. The van der Waals surface area contributed by atoms with Gasteiger partial charge in [0.2, 0.25) is 0 Å². The second-order valence-electron chi connectivity index (χ2n) is 8.48. The molecule has 0 unspecified atom stereocenters. The number of amides is 1. The Kier molecular flexibility index (Phi) is 4.81. The van der Waals surface area contributed by atoms with Crippen LogP contribution < -0.4 is 10.1 Å². The molecule has 5 rings (SSSR count). The van der Waals surface area contributed by atoms with E-state index in [1.54, 1.807) is 12.1 Å². The molecule has 0 saturated heterocycles. The number of hydrogen-bond acceptors (Lipinski definition) is 3. The summed E-state index contributed by atoms with van der Waals surface area (Å²) in [5.74, 6) is -1.90. The van der Waals surface area contributed by atoms with E-state index in [1.165, 1.54) is 6.07 Å². The van der Waals surface area contributed by atoms with E-state index >= 15 is 0 Å². The second kappa shape index (κ2) is 7.55. The topological polar surface area (TPSA) is 55.4 Å². The molecule has 1 spiro atoms. The molecule has 3 aromatic carbocycles. The SMILES string of the molecule is Cc1c(-c2ccc(NC(=O)c3c(F)cccc3F)cc2)ccc2c1OC1(CCC1)CC2=O. The van der Waals surface area contributed by atoms with Crippen LogP contribution in [-0.4, -0.2) is 17.3 Å². The fourth-order valence-corrected chi connectivity index (χ4v) is 4.49. The molecule has 1 amide bonds. The number of benzene rings is 3. The van der Waals surface area contributed by atoms with E-state index < -0.39 is 23.1 Å². The Morgan fingerprint density at radius 2 is 1.62 bits per heavy atom. The molecule has 3 aromatic rings. The van der Waals surface area contributed by atoms with Crippen LogP contribution in [0.1, 0.15) is 52.0 Å². The third-order valence-corrected chi connectivity index (χ3v) is 6.42. The third-order valence-electron chi connectivity index (χ3n) is 6.42. The van der Waals surface area contributed by atoms with Gasteiger partial charge in [0.1, 0.15) is 28.5 Å². The summed E-state index contributed by atoms with van der Waals surface area (Å²) in [5, 5.41) is 2.53. The zero-order valence-corrected chi connectivity index (χ0v) is 17.5. The lowest BCUT2D eigenvalue weighted by Crippen LogP contribution is -2.47. The van der Waals surface area contributed by atoms with Crippen LogP contribution >= 0.6 is 0 Å². The third kappa shape index (κ3) is 3.36. The molecule has 1 aliphatic heterocycles. The number of carbonyl (C=O) groups excluding carboxylic acids is 2.